The minimum atomic E-state index is -4.74. The molecule has 0 amide bonds. The van der Waals surface area contributed by atoms with E-state index in [0.717, 1.165) is 40.0 Å². The number of hydrogen-bond acceptors (Lipinski definition) is 5. The van der Waals surface area contributed by atoms with Crippen LogP contribution >= 0.6 is 23.4 Å². The fourth-order valence-corrected chi connectivity index (χ4v) is 4.27. The second kappa shape index (κ2) is 11.5. The van der Waals surface area contributed by atoms with Gasteiger partial charge in [0.1, 0.15) is 17.9 Å². The summed E-state index contributed by atoms with van der Waals surface area (Å²) in [7, 11) is 0. The lowest BCUT2D eigenvalue weighted by Gasteiger charge is -2.34. The summed E-state index contributed by atoms with van der Waals surface area (Å²) >= 11 is 7.93. The Morgan fingerprint density at radius 1 is 1.08 bits per heavy atom. The Morgan fingerprint density at radius 2 is 1.81 bits per heavy atom. The number of halogens is 4. The van der Waals surface area contributed by atoms with E-state index in [9.17, 15) is 13.2 Å². The zero-order chi connectivity index (χ0) is 26.4. The minimum absolute atomic E-state index is 0.223. The summed E-state index contributed by atoms with van der Waals surface area (Å²) in [6.45, 7) is 2.00. The lowest BCUT2D eigenvalue weighted by Crippen LogP contribution is -2.39. The fraction of sp³-hybridized carbons (Fsp3) is 0.120. The van der Waals surface area contributed by atoms with E-state index in [1.807, 2.05) is 42.2 Å². The third-order valence-corrected chi connectivity index (χ3v) is 6.30. The molecule has 1 fully saturated rings. The van der Waals surface area contributed by atoms with E-state index in [-0.39, 0.29) is 11.6 Å². The molecule has 0 aliphatic carbocycles. The standard InChI is InChI=1S/C25H20ClF3N6OS/c1-16-3-2-4-21(26)22(16)35-15-37-24(35)34-33-13-17-5-7-18(8-6-17)23(30)32-14-31-19-9-11-20(12-10-19)36-25(27,28)29/h2-14H,15H2,1H3,(H2,30,31,32)/b33-13+,34-24-. The average Bonchev–Trinajstić information content (AvgIpc) is 2.84. The van der Waals surface area contributed by atoms with Crippen molar-refractivity contribution in [2.24, 2.45) is 25.9 Å². The Labute approximate surface area is 220 Å². The van der Waals surface area contributed by atoms with Crippen molar-refractivity contribution in [3.63, 3.8) is 0 Å². The number of aliphatic imine (C=N–C) groups is 2. The van der Waals surface area contributed by atoms with Gasteiger partial charge in [0.2, 0.25) is 0 Å². The van der Waals surface area contributed by atoms with Crippen molar-refractivity contribution in [2.45, 2.75) is 13.3 Å². The highest BCUT2D eigenvalue weighted by Gasteiger charge is 2.31. The number of para-hydroxylation sites is 1. The van der Waals surface area contributed by atoms with Gasteiger partial charge in [-0.05, 0) is 48.4 Å². The molecule has 3 aromatic carbocycles. The Balaban J connectivity index is 1.35. The molecule has 0 bridgehead atoms. The van der Waals surface area contributed by atoms with E-state index >= 15 is 0 Å². The second-order valence-corrected chi connectivity index (χ2v) is 8.98. The van der Waals surface area contributed by atoms with Crippen molar-refractivity contribution in [3.05, 3.63) is 88.4 Å². The molecule has 3 aromatic rings. The van der Waals surface area contributed by atoms with Gasteiger partial charge in [0.25, 0.3) is 0 Å². The monoisotopic (exact) mass is 544 g/mol. The first-order valence-corrected chi connectivity index (χ1v) is 12.1. The number of aryl methyl sites for hydroxylation is 1. The maximum absolute atomic E-state index is 12.2. The average molecular weight is 545 g/mol. The number of nitrogens with zero attached hydrogens (tertiary/aromatic N) is 5. The molecule has 190 valence electrons. The number of benzene rings is 3. The SMILES string of the molecule is Cc1cccc(Cl)c1N1CS/C1=N\N=C\c1ccc(C(N)=NC=Nc2ccc(OC(F)(F)F)cc2)cc1. The van der Waals surface area contributed by atoms with Crippen molar-refractivity contribution in [3.8, 4) is 5.75 Å². The van der Waals surface area contributed by atoms with Crippen LogP contribution in [0.4, 0.5) is 24.5 Å². The van der Waals surface area contributed by atoms with Crippen LogP contribution in [-0.2, 0) is 0 Å². The number of ether oxygens (including phenoxy) is 1. The van der Waals surface area contributed by atoms with Crippen LogP contribution in [0.2, 0.25) is 5.02 Å². The third kappa shape index (κ3) is 7.11. The highest BCUT2D eigenvalue weighted by molar-refractivity contribution is 8.16. The molecule has 7 nitrogen and oxygen atoms in total. The van der Waals surface area contributed by atoms with Gasteiger partial charge in [-0.25, -0.2) is 9.98 Å². The molecule has 0 unspecified atom stereocenters. The van der Waals surface area contributed by atoms with E-state index < -0.39 is 6.36 Å². The number of thioether (sulfide) groups is 1. The molecule has 1 heterocycles. The van der Waals surface area contributed by atoms with Gasteiger partial charge >= 0.3 is 6.36 Å². The van der Waals surface area contributed by atoms with Gasteiger partial charge in [-0.1, -0.05) is 59.8 Å². The molecular formula is C25H20ClF3N6OS. The van der Waals surface area contributed by atoms with E-state index in [2.05, 4.69) is 24.9 Å². The Morgan fingerprint density at radius 3 is 2.43 bits per heavy atom. The predicted octanol–water partition coefficient (Wildman–Crippen LogP) is 6.51. The van der Waals surface area contributed by atoms with Gasteiger partial charge in [-0.15, -0.1) is 18.3 Å². The number of alkyl halides is 3. The zero-order valence-corrected chi connectivity index (χ0v) is 20.9. The quantitative estimate of drug-likeness (QED) is 0.208. The smallest absolute Gasteiger partial charge is 0.406 e. The first kappa shape index (κ1) is 26.2. The zero-order valence-electron chi connectivity index (χ0n) is 19.4. The first-order chi connectivity index (χ1) is 17.7. The molecule has 0 spiro atoms. The Bertz CT molecular complexity index is 1350. The fourth-order valence-electron chi connectivity index (χ4n) is 3.25. The normalized spacial score (nSPS) is 15.5. The van der Waals surface area contributed by atoms with E-state index in [4.69, 9.17) is 17.3 Å². The highest BCUT2D eigenvalue weighted by atomic mass is 35.5. The van der Waals surface area contributed by atoms with Crippen LogP contribution in [-0.4, -0.2) is 35.8 Å². The molecule has 4 rings (SSSR count). The maximum atomic E-state index is 12.2. The summed E-state index contributed by atoms with van der Waals surface area (Å²) in [6, 6.07) is 18.0. The van der Waals surface area contributed by atoms with Gasteiger partial charge in [-0.3, -0.25) is 0 Å². The predicted molar refractivity (Wildman–Crippen MR) is 145 cm³/mol. The topological polar surface area (TPSA) is 87.9 Å². The molecule has 37 heavy (non-hydrogen) atoms. The van der Waals surface area contributed by atoms with Crippen LogP contribution < -0.4 is 15.4 Å². The summed E-state index contributed by atoms with van der Waals surface area (Å²) < 4.78 is 40.5. The van der Waals surface area contributed by atoms with Gasteiger partial charge in [0.05, 0.1) is 28.5 Å². The summed E-state index contributed by atoms with van der Waals surface area (Å²) in [6.07, 6.45) is -1.89. The highest BCUT2D eigenvalue weighted by Crippen LogP contribution is 2.37. The number of amidine groups is 2. The van der Waals surface area contributed by atoms with Crippen LogP contribution in [0.1, 0.15) is 16.7 Å². The molecule has 1 aliphatic heterocycles. The molecule has 1 aliphatic rings. The van der Waals surface area contributed by atoms with E-state index in [1.54, 1.807) is 30.1 Å². The van der Waals surface area contributed by atoms with Crippen LogP contribution in [0, 0.1) is 6.92 Å². The lowest BCUT2D eigenvalue weighted by molar-refractivity contribution is -0.274. The summed E-state index contributed by atoms with van der Waals surface area (Å²) in [4.78, 5) is 10.2. The van der Waals surface area contributed by atoms with Crippen LogP contribution in [0.5, 0.6) is 5.75 Å². The number of hydrogen-bond donors (Lipinski definition) is 1. The van der Waals surface area contributed by atoms with E-state index in [1.165, 1.54) is 18.5 Å². The third-order valence-electron chi connectivity index (χ3n) is 5.04. The molecule has 1 saturated heterocycles. The summed E-state index contributed by atoms with van der Waals surface area (Å²) in [5.41, 5.74) is 9.89. The molecular weight excluding hydrogens is 525 g/mol. The summed E-state index contributed by atoms with van der Waals surface area (Å²) in [5, 5.41) is 9.92. The second-order valence-electron chi connectivity index (χ2n) is 7.66. The van der Waals surface area contributed by atoms with Crippen molar-refractivity contribution in [1.82, 2.24) is 0 Å². The number of nitrogens with two attached hydrogens (primary N) is 1. The lowest BCUT2D eigenvalue weighted by atomic mass is 10.1. The molecule has 2 N–H and O–H groups in total. The van der Waals surface area contributed by atoms with Crippen molar-refractivity contribution < 1.29 is 17.9 Å². The Kier molecular flexibility index (Phi) is 8.14. The molecule has 0 aromatic heterocycles. The van der Waals surface area contributed by atoms with Crippen molar-refractivity contribution >= 4 is 58.3 Å². The van der Waals surface area contributed by atoms with Gasteiger partial charge < -0.3 is 15.4 Å². The summed E-state index contributed by atoms with van der Waals surface area (Å²) in [5.74, 6) is 0.651. The molecule has 0 radical (unpaired) electrons. The van der Waals surface area contributed by atoms with Crippen molar-refractivity contribution in [2.75, 3.05) is 10.8 Å². The van der Waals surface area contributed by atoms with Gasteiger partial charge in [-0.2, -0.15) is 5.10 Å². The molecule has 0 atom stereocenters. The van der Waals surface area contributed by atoms with Crippen molar-refractivity contribution in [1.29, 1.82) is 0 Å². The van der Waals surface area contributed by atoms with Gasteiger partial charge in [0.15, 0.2) is 5.17 Å². The first-order valence-electron chi connectivity index (χ1n) is 10.8. The Hall–Kier alpha value is -3.83. The van der Waals surface area contributed by atoms with Gasteiger partial charge in [0, 0.05) is 5.56 Å². The van der Waals surface area contributed by atoms with Crippen LogP contribution in [0.15, 0.2) is 86.9 Å². The van der Waals surface area contributed by atoms with E-state index in [0.29, 0.717) is 16.3 Å². The number of anilines is 1. The minimum Gasteiger partial charge on any atom is -0.406 e. The molecule has 0 saturated carbocycles. The number of rotatable bonds is 7. The van der Waals surface area contributed by atoms with Crippen LogP contribution in [0.25, 0.3) is 0 Å². The maximum Gasteiger partial charge on any atom is 0.573 e. The largest absolute Gasteiger partial charge is 0.573 e. The van der Waals surface area contributed by atoms with Crippen LogP contribution in [0.3, 0.4) is 0 Å². The molecule has 12 heteroatoms.